The van der Waals surface area contributed by atoms with Crippen molar-refractivity contribution in [3.8, 4) is 5.75 Å². The number of sulfonamides is 1. The fourth-order valence-electron chi connectivity index (χ4n) is 2.89. The van der Waals surface area contributed by atoms with Crippen molar-refractivity contribution in [2.45, 2.75) is 18.9 Å². The number of benzene rings is 1. The zero-order chi connectivity index (χ0) is 18.4. The Kier molecular flexibility index (Phi) is 6.80. The average molecular weight is 369 g/mol. The Morgan fingerprint density at radius 1 is 1.36 bits per heavy atom. The van der Waals surface area contributed by atoms with E-state index in [1.807, 2.05) is 7.05 Å². The Balaban J connectivity index is 1.85. The number of amides is 1. The van der Waals surface area contributed by atoms with Crippen molar-refractivity contribution in [2.75, 3.05) is 46.6 Å². The van der Waals surface area contributed by atoms with Crippen LogP contribution >= 0.6 is 0 Å². The zero-order valence-corrected chi connectivity index (χ0v) is 15.9. The number of ether oxygens (including phenoxy) is 1. The molecule has 1 fully saturated rings. The molecule has 0 unspecified atom stereocenters. The summed E-state index contributed by atoms with van der Waals surface area (Å²) >= 11 is 0. The molecule has 0 saturated carbocycles. The monoisotopic (exact) mass is 369 g/mol. The summed E-state index contributed by atoms with van der Waals surface area (Å²) < 4.78 is 31.5. The van der Waals surface area contributed by atoms with Gasteiger partial charge in [-0.05, 0) is 51.2 Å². The first-order chi connectivity index (χ1) is 11.8. The number of carbonyl (C=O) groups is 1. The molecular formula is C17H27N3O4S. The molecule has 0 radical (unpaired) electrons. The van der Waals surface area contributed by atoms with Crippen LogP contribution < -0.4 is 10.1 Å². The minimum absolute atomic E-state index is 0.0373. The van der Waals surface area contributed by atoms with E-state index in [1.54, 1.807) is 31.3 Å². The van der Waals surface area contributed by atoms with Gasteiger partial charge in [-0.1, -0.05) is 6.07 Å². The summed E-state index contributed by atoms with van der Waals surface area (Å²) in [7, 11) is 1.81. The van der Waals surface area contributed by atoms with Crippen LogP contribution in [0.3, 0.4) is 0 Å². The van der Waals surface area contributed by atoms with E-state index in [4.69, 9.17) is 4.74 Å². The molecule has 1 saturated heterocycles. The number of nitrogens with zero attached hydrogens (tertiary/aromatic N) is 2. The van der Waals surface area contributed by atoms with Crippen molar-refractivity contribution in [3.05, 3.63) is 29.8 Å². The molecular weight excluding hydrogens is 342 g/mol. The first-order valence-electron chi connectivity index (χ1n) is 8.40. The van der Waals surface area contributed by atoms with E-state index in [0.717, 1.165) is 25.9 Å². The van der Waals surface area contributed by atoms with Crippen molar-refractivity contribution >= 4 is 15.9 Å². The molecule has 7 nitrogen and oxygen atoms in total. The number of hydrogen-bond acceptors (Lipinski definition) is 5. The Labute approximate surface area is 150 Å². The van der Waals surface area contributed by atoms with Gasteiger partial charge in [0.1, 0.15) is 5.75 Å². The highest BCUT2D eigenvalue weighted by Crippen LogP contribution is 2.17. The van der Waals surface area contributed by atoms with E-state index in [-0.39, 0.29) is 24.2 Å². The molecule has 1 amide bonds. The number of piperidine rings is 1. The normalized spacial score (nSPS) is 16.8. The number of nitrogens with one attached hydrogen (secondary N) is 1. The minimum Gasteiger partial charge on any atom is -0.497 e. The van der Waals surface area contributed by atoms with Gasteiger partial charge in [-0.15, -0.1) is 0 Å². The van der Waals surface area contributed by atoms with Gasteiger partial charge < -0.3 is 15.0 Å². The fourth-order valence-corrected chi connectivity index (χ4v) is 4.20. The van der Waals surface area contributed by atoms with Crippen LogP contribution in [0.25, 0.3) is 0 Å². The SMILES string of the molecule is COc1cccc(C(=O)NCCS(=O)(=O)N(C)C2CCN(C)CC2)c1. The highest BCUT2D eigenvalue weighted by Gasteiger charge is 2.28. The summed E-state index contributed by atoms with van der Waals surface area (Å²) in [5, 5.41) is 2.66. The quantitative estimate of drug-likeness (QED) is 0.768. The number of carbonyl (C=O) groups excluding carboxylic acids is 1. The second-order valence-corrected chi connectivity index (χ2v) is 8.50. The Morgan fingerprint density at radius 3 is 2.68 bits per heavy atom. The van der Waals surface area contributed by atoms with Crippen molar-refractivity contribution < 1.29 is 17.9 Å². The van der Waals surface area contributed by atoms with Crippen LogP contribution in [0, 0.1) is 0 Å². The van der Waals surface area contributed by atoms with Gasteiger partial charge in [-0.25, -0.2) is 12.7 Å². The van der Waals surface area contributed by atoms with E-state index >= 15 is 0 Å². The van der Waals surface area contributed by atoms with Gasteiger partial charge in [0, 0.05) is 25.2 Å². The van der Waals surface area contributed by atoms with Gasteiger partial charge >= 0.3 is 0 Å². The largest absolute Gasteiger partial charge is 0.497 e. The molecule has 1 aliphatic rings. The lowest BCUT2D eigenvalue weighted by Crippen LogP contribution is -2.46. The number of likely N-dealkylation sites (tertiary alicyclic amines) is 1. The van der Waals surface area contributed by atoms with Crippen LogP contribution in [0.15, 0.2) is 24.3 Å². The summed E-state index contributed by atoms with van der Waals surface area (Å²) in [5.41, 5.74) is 0.445. The van der Waals surface area contributed by atoms with E-state index in [0.29, 0.717) is 11.3 Å². The Hall–Kier alpha value is -1.64. The maximum atomic E-state index is 12.5. The molecule has 0 bridgehead atoms. The standard InChI is InChI=1S/C17H27N3O4S/c1-19-10-7-15(8-11-19)20(2)25(22,23)12-9-18-17(21)14-5-4-6-16(13-14)24-3/h4-6,13,15H,7-12H2,1-3H3,(H,18,21). The van der Waals surface area contributed by atoms with Gasteiger partial charge in [0.05, 0.1) is 12.9 Å². The first-order valence-corrected chi connectivity index (χ1v) is 10.0. The van der Waals surface area contributed by atoms with Crippen LogP contribution in [0.2, 0.25) is 0 Å². The summed E-state index contributed by atoms with van der Waals surface area (Å²) in [5.74, 6) is 0.171. The van der Waals surface area contributed by atoms with Crippen LogP contribution in [0.1, 0.15) is 23.2 Å². The van der Waals surface area contributed by atoms with E-state index < -0.39 is 10.0 Å². The molecule has 1 aromatic carbocycles. The molecule has 0 aromatic heterocycles. The summed E-state index contributed by atoms with van der Waals surface area (Å²) in [6, 6.07) is 6.79. The number of rotatable bonds is 7. The van der Waals surface area contributed by atoms with Crippen molar-refractivity contribution in [3.63, 3.8) is 0 Å². The lowest BCUT2D eigenvalue weighted by molar-refractivity contribution is 0.0955. The lowest BCUT2D eigenvalue weighted by atomic mass is 10.1. The second-order valence-electron chi connectivity index (χ2n) is 6.35. The highest BCUT2D eigenvalue weighted by atomic mass is 32.2. The molecule has 0 atom stereocenters. The molecule has 1 aliphatic heterocycles. The first kappa shape index (κ1) is 19.7. The molecule has 0 spiro atoms. The summed E-state index contributed by atoms with van der Waals surface area (Å²) in [4.78, 5) is 14.3. The lowest BCUT2D eigenvalue weighted by Gasteiger charge is -2.34. The fraction of sp³-hybridized carbons (Fsp3) is 0.588. The number of hydrogen-bond donors (Lipinski definition) is 1. The molecule has 25 heavy (non-hydrogen) atoms. The molecule has 1 heterocycles. The predicted octanol–water partition coefficient (Wildman–Crippen LogP) is 0.781. The van der Waals surface area contributed by atoms with Gasteiger partial charge in [0.2, 0.25) is 10.0 Å². The number of methoxy groups -OCH3 is 1. The van der Waals surface area contributed by atoms with Gasteiger partial charge in [0.25, 0.3) is 5.91 Å². The van der Waals surface area contributed by atoms with Crippen LogP contribution in [-0.4, -0.2) is 76.2 Å². The van der Waals surface area contributed by atoms with Crippen molar-refractivity contribution in [2.24, 2.45) is 0 Å². The van der Waals surface area contributed by atoms with E-state index in [1.165, 1.54) is 11.4 Å². The average Bonchev–Trinajstić information content (AvgIpc) is 2.61. The third-order valence-electron chi connectivity index (χ3n) is 4.62. The zero-order valence-electron chi connectivity index (χ0n) is 15.1. The smallest absolute Gasteiger partial charge is 0.251 e. The molecule has 0 aliphatic carbocycles. The van der Waals surface area contributed by atoms with Gasteiger partial charge in [-0.2, -0.15) is 0 Å². The highest BCUT2D eigenvalue weighted by molar-refractivity contribution is 7.89. The van der Waals surface area contributed by atoms with Crippen molar-refractivity contribution in [1.29, 1.82) is 0 Å². The summed E-state index contributed by atoms with van der Waals surface area (Å²) in [6.45, 7) is 1.88. The van der Waals surface area contributed by atoms with E-state index in [9.17, 15) is 13.2 Å². The van der Waals surface area contributed by atoms with Gasteiger partial charge in [-0.3, -0.25) is 4.79 Å². The molecule has 1 aromatic rings. The molecule has 1 N–H and O–H groups in total. The topological polar surface area (TPSA) is 78.9 Å². The molecule has 140 valence electrons. The maximum absolute atomic E-state index is 12.5. The molecule has 8 heteroatoms. The molecule has 2 rings (SSSR count). The third kappa shape index (κ3) is 5.42. The van der Waals surface area contributed by atoms with Crippen molar-refractivity contribution in [1.82, 2.24) is 14.5 Å². The third-order valence-corrected chi connectivity index (χ3v) is 6.51. The summed E-state index contributed by atoms with van der Waals surface area (Å²) in [6.07, 6.45) is 1.67. The van der Waals surface area contributed by atoms with Crippen LogP contribution in [-0.2, 0) is 10.0 Å². The Morgan fingerprint density at radius 2 is 2.04 bits per heavy atom. The van der Waals surface area contributed by atoms with Crippen LogP contribution in [0.5, 0.6) is 5.75 Å². The minimum atomic E-state index is -3.39. The van der Waals surface area contributed by atoms with Gasteiger partial charge in [0.15, 0.2) is 0 Å². The van der Waals surface area contributed by atoms with E-state index in [2.05, 4.69) is 10.2 Å². The second kappa shape index (κ2) is 8.64. The predicted molar refractivity (Wildman–Crippen MR) is 97.4 cm³/mol. The maximum Gasteiger partial charge on any atom is 0.251 e. The van der Waals surface area contributed by atoms with Crippen LogP contribution in [0.4, 0.5) is 0 Å². The Bertz CT molecular complexity index is 685.